The SMILES string of the molecule is CN(C)CC(C)(C)CNN. The van der Waals surface area contributed by atoms with Crippen LogP contribution in [-0.4, -0.2) is 32.1 Å². The summed E-state index contributed by atoms with van der Waals surface area (Å²) in [6.07, 6.45) is 0. The summed E-state index contributed by atoms with van der Waals surface area (Å²) in [7, 11) is 4.14. The van der Waals surface area contributed by atoms with Crippen LogP contribution in [-0.2, 0) is 0 Å². The van der Waals surface area contributed by atoms with Crippen LogP contribution in [0.3, 0.4) is 0 Å². The quantitative estimate of drug-likeness (QED) is 0.433. The molecule has 0 aliphatic heterocycles. The van der Waals surface area contributed by atoms with Gasteiger partial charge in [0, 0.05) is 13.1 Å². The van der Waals surface area contributed by atoms with Crippen LogP contribution in [0.1, 0.15) is 13.8 Å². The van der Waals surface area contributed by atoms with E-state index in [1.54, 1.807) is 0 Å². The largest absolute Gasteiger partial charge is 0.309 e. The molecule has 0 bridgehead atoms. The van der Waals surface area contributed by atoms with Crippen molar-refractivity contribution in [2.75, 3.05) is 27.2 Å². The van der Waals surface area contributed by atoms with E-state index in [-0.39, 0.29) is 5.41 Å². The Morgan fingerprint density at radius 3 is 2.20 bits per heavy atom. The Hall–Kier alpha value is -0.120. The maximum Gasteiger partial charge on any atom is 0.0161 e. The van der Waals surface area contributed by atoms with Crippen molar-refractivity contribution in [3.8, 4) is 0 Å². The molecule has 0 aliphatic carbocycles. The summed E-state index contributed by atoms with van der Waals surface area (Å²) >= 11 is 0. The number of nitrogens with one attached hydrogen (secondary N) is 1. The van der Waals surface area contributed by atoms with Crippen LogP contribution in [0.5, 0.6) is 0 Å². The van der Waals surface area contributed by atoms with Crippen LogP contribution in [0.25, 0.3) is 0 Å². The van der Waals surface area contributed by atoms with E-state index < -0.39 is 0 Å². The molecule has 0 aliphatic rings. The fourth-order valence-electron chi connectivity index (χ4n) is 1.19. The van der Waals surface area contributed by atoms with Crippen LogP contribution >= 0.6 is 0 Å². The van der Waals surface area contributed by atoms with Gasteiger partial charge in [0.25, 0.3) is 0 Å². The molecule has 0 amide bonds. The van der Waals surface area contributed by atoms with Crippen LogP contribution in [0.4, 0.5) is 0 Å². The first kappa shape index (κ1) is 9.88. The number of nitrogens with zero attached hydrogens (tertiary/aromatic N) is 1. The Labute approximate surface area is 63.5 Å². The summed E-state index contributed by atoms with van der Waals surface area (Å²) in [6, 6.07) is 0. The summed E-state index contributed by atoms with van der Waals surface area (Å²) in [5.41, 5.74) is 2.95. The fraction of sp³-hybridized carbons (Fsp3) is 1.00. The molecule has 0 aromatic rings. The first-order chi connectivity index (χ1) is 4.48. The highest BCUT2D eigenvalue weighted by atomic mass is 15.2. The fourth-order valence-corrected chi connectivity index (χ4v) is 1.19. The van der Waals surface area contributed by atoms with E-state index in [1.807, 2.05) is 0 Å². The first-order valence-corrected chi connectivity index (χ1v) is 3.56. The third-order valence-electron chi connectivity index (χ3n) is 1.32. The van der Waals surface area contributed by atoms with E-state index in [2.05, 4.69) is 38.3 Å². The molecule has 0 saturated heterocycles. The molecule has 0 spiro atoms. The Bertz CT molecular complexity index is 88.9. The average Bonchev–Trinajstić information content (AvgIpc) is 1.59. The highest BCUT2D eigenvalue weighted by molar-refractivity contribution is 4.72. The lowest BCUT2D eigenvalue weighted by atomic mass is 9.93. The van der Waals surface area contributed by atoms with Crippen molar-refractivity contribution in [1.29, 1.82) is 0 Å². The molecule has 0 saturated carbocycles. The minimum absolute atomic E-state index is 0.262. The molecule has 0 unspecified atom stereocenters. The van der Waals surface area contributed by atoms with Crippen LogP contribution in [0.2, 0.25) is 0 Å². The lowest BCUT2D eigenvalue weighted by molar-refractivity contribution is 0.233. The summed E-state index contributed by atoms with van der Waals surface area (Å²) in [4.78, 5) is 2.16. The lowest BCUT2D eigenvalue weighted by Gasteiger charge is -2.27. The van der Waals surface area contributed by atoms with Crippen molar-refractivity contribution in [3.63, 3.8) is 0 Å². The Kier molecular flexibility index (Phi) is 3.86. The van der Waals surface area contributed by atoms with Gasteiger partial charge in [0.05, 0.1) is 0 Å². The molecule has 0 aromatic heterocycles. The van der Waals surface area contributed by atoms with Crippen LogP contribution in [0.15, 0.2) is 0 Å². The number of hydrazine groups is 1. The summed E-state index contributed by atoms with van der Waals surface area (Å²) in [6.45, 7) is 6.28. The minimum atomic E-state index is 0.262. The van der Waals surface area contributed by atoms with Crippen molar-refractivity contribution in [2.45, 2.75) is 13.8 Å². The second-order valence-corrected chi connectivity index (χ2v) is 3.78. The van der Waals surface area contributed by atoms with E-state index in [4.69, 9.17) is 5.84 Å². The predicted molar refractivity (Wildman–Crippen MR) is 44.5 cm³/mol. The van der Waals surface area contributed by atoms with Gasteiger partial charge in [-0.15, -0.1) is 0 Å². The standard InChI is InChI=1S/C7H19N3/c1-7(2,5-9-8)6-10(3)4/h9H,5-6,8H2,1-4H3. The minimum Gasteiger partial charge on any atom is -0.309 e. The molecular weight excluding hydrogens is 126 g/mol. The van der Waals surface area contributed by atoms with Crippen molar-refractivity contribution >= 4 is 0 Å². The van der Waals surface area contributed by atoms with Gasteiger partial charge < -0.3 is 4.90 Å². The second-order valence-electron chi connectivity index (χ2n) is 3.78. The van der Waals surface area contributed by atoms with Gasteiger partial charge in [-0.1, -0.05) is 13.8 Å². The molecule has 10 heavy (non-hydrogen) atoms. The van der Waals surface area contributed by atoms with Gasteiger partial charge in [0.1, 0.15) is 0 Å². The Morgan fingerprint density at radius 2 is 1.90 bits per heavy atom. The van der Waals surface area contributed by atoms with E-state index in [0.29, 0.717) is 0 Å². The van der Waals surface area contributed by atoms with E-state index >= 15 is 0 Å². The van der Waals surface area contributed by atoms with Gasteiger partial charge in [-0.3, -0.25) is 11.3 Å². The maximum absolute atomic E-state index is 5.22. The maximum atomic E-state index is 5.22. The van der Waals surface area contributed by atoms with E-state index in [0.717, 1.165) is 13.1 Å². The van der Waals surface area contributed by atoms with Gasteiger partial charge in [0.15, 0.2) is 0 Å². The number of hydrogen-bond acceptors (Lipinski definition) is 3. The van der Waals surface area contributed by atoms with E-state index in [9.17, 15) is 0 Å². The normalized spacial score (nSPS) is 12.6. The number of hydrogen-bond donors (Lipinski definition) is 2. The molecule has 0 atom stereocenters. The molecule has 3 N–H and O–H groups in total. The van der Waals surface area contributed by atoms with Crippen molar-refractivity contribution in [2.24, 2.45) is 11.3 Å². The van der Waals surface area contributed by atoms with Crippen molar-refractivity contribution in [1.82, 2.24) is 10.3 Å². The van der Waals surface area contributed by atoms with Gasteiger partial charge in [0.2, 0.25) is 0 Å². The topological polar surface area (TPSA) is 41.3 Å². The molecule has 3 nitrogen and oxygen atoms in total. The monoisotopic (exact) mass is 145 g/mol. The lowest BCUT2D eigenvalue weighted by Crippen LogP contribution is -2.40. The molecule has 0 rings (SSSR count). The van der Waals surface area contributed by atoms with Gasteiger partial charge >= 0.3 is 0 Å². The van der Waals surface area contributed by atoms with Gasteiger partial charge in [-0.05, 0) is 19.5 Å². The third-order valence-corrected chi connectivity index (χ3v) is 1.32. The molecule has 0 radical (unpaired) electrons. The Balaban J connectivity index is 3.63. The molecular formula is C7H19N3. The zero-order valence-electron chi connectivity index (χ0n) is 7.44. The van der Waals surface area contributed by atoms with Gasteiger partial charge in [-0.25, -0.2) is 0 Å². The highest BCUT2D eigenvalue weighted by Crippen LogP contribution is 2.13. The molecule has 0 fully saturated rings. The molecule has 3 heteroatoms. The third kappa shape index (κ3) is 4.73. The predicted octanol–water partition coefficient (Wildman–Crippen LogP) is 0.0375. The smallest absolute Gasteiger partial charge is 0.0161 e. The number of nitrogens with two attached hydrogens (primary N) is 1. The van der Waals surface area contributed by atoms with Gasteiger partial charge in [-0.2, -0.15) is 0 Å². The highest BCUT2D eigenvalue weighted by Gasteiger charge is 2.17. The van der Waals surface area contributed by atoms with Crippen molar-refractivity contribution < 1.29 is 0 Å². The Morgan fingerprint density at radius 1 is 1.40 bits per heavy atom. The molecule has 0 heterocycles. The van der Waals surface area contributed by atoms with Crippen LogP contribution in [0, 0.1) is 5.41 Å². The zero-order chi connectivity index (χ0) is 8.20. The van der Waals surface area contributed by atoms with Crippen LogP contribution < -0.4 is 11.3 Å². The van der Waals surface area contributed by atoms with Crippen molar-refractivity contribution in [3.05, 3.63) is 0 Å². The molecule has 0 aromatic carbocycles. The zero-order valence-corrected chi connectivity index (χ0v) is 7.44. The number of rotatable bonds is 4. The first-order valence-electron chi connectivity index (χ1n) is 3.56. The summed E-state index contributed by atoms with van der Waals surface area (Å²) < 4.78 is 0. The average molecular weight is 145 g/mol. The summed E-state index contributed by atoms with van der Waals surface area (Å²) in [5, 5.41) is 0. The molecule has 62 valence electrons. The van der Waals surface area contributed by atoms with E-state index in [1.165, 1.54) is 0 Å². The second kappa shape index (κ2) is 3.91. The summed E-state index contributed by atoms with van der Waals surface area (Å²) in [5.74, 6) is 5.22.